The summed E-state index contributed by atoms with van der Waals surface area (Å²) < 4.78 is 14.6. The molecule has 0 spiro atoms. The lowest BCUT2D eigenvalue weighted by Gasteiger charge is -2.17. The van der Waals surface area contributed by atoms with Gasteiger partial charge in [0.25, 0.3) is 5.56 Å². The first-order valence-corrected chi connectivity index (χ1v) is 9.64. The second kappa shape index (κ2) is 8.29. The number of halogens is 1. The van der Waals surface area contributed by atoms with Gasteiger partial charge in [-0.3, -0.25) is 9.59 Å². The number of anilines is 1. The number of benzene rings is 3. The molecule has 0 bridgehead atoms. The van der Waals surface area contributed by atoms with Gasteiger partial charge in [-0.25, -0.2) is 9.07 Å². The van der Waals surface area contributed by atoms with Gasteiger partial charge in [0.15, 0.2) is 0 Å². The molecule has 1 N–H and O–H groups in total. The molecule has 0 saturated heterocycles. The molecule has 0 fully saturated rings. The fourth-order valence-electron chi connectivity index (χ4n) is 3.38. The fraction of sp³-hybridized carbons (Fsp3) is 0.125. The van der Waals surface area contributed by atoms with E-state index in [2.05, 4.69) is 10.4 Å². The number of amides is 1. The molecule has 1 heterocycles. The number of hydrogen-bond donors (Lipinski definition) is 1. The zero-order chi connectivity index (χ0) is 21.1. The maximum absolute atomic E-state index is 13.4. The van der Waals surface area contributed by atoms with Crippen LogP contribution in [-0.4, -0.2) is 15.7 Å². The first-order valence-electron chi connectivity index (χ1n) is 9.64. The number of rotatable bonds is 5. The lowest BCUT2D eigenvalue weighted by Crippen LogP contribution is -2.34. The van der Waals surface area contributed by atoms with Crippen molar-refractivity contribution >= 4 is 22.4 Å². The Bertz CT molecular complexity index is 1270. The monoisotopic (exact) mass is 401 g/mol. The molecular formula is C24H20FN3O2. The summed E-state index contributed by atoms with van der Waals surface area (Å²) in [5.41, 5.74) is 1.74. The van der Waals surface area contributed by atoms with Crippen LogP contribution in [-0.2, 0) is 11.2 Å². The number of hydrogen-bond acceptors (Lipinski definition) is 3. The molecule has 0 aliphatic rings. The molecule has 1 unspecified atom stereocenters. The Hall–Kier alpha value is -3.80. The number of nitrogens with zero attached hydrogens (tertiary/aromatic N) is 2. The largest absolute Gasteiger partial charge is 0.324 e. The molecule has 5 nitrogen and oxygen atoms in total. The summed E-state index contributed by atoms with van der Waals surface area (Å²) in [6.07, 6.45) is 0.528. The molecule has 150 valence electrons. The van der Waals surface area contributed by atoms with Crippen molar-refractivity contribution in [2.24, 2.45) is 0 Å². The lowest BCUT2D eigenvalue weighted by molar-refractivity contribution is -0.119. The van der Waals surface area contributed by atoms with Crippen LogP contribution in [0.3, 0.4) is 0 Å². The summed E-state index contributed by atoms with van der Waals surface area (Å²) >= 11 is 0. The Labute approximate surface area is 172 Å². The van der Waals surface area contributed by atoms with E-state index in [0.29, 0.717) is 23.2 Å². The fourth-order valence-corrected chi connectivity index (χ4v) is 3.38. The highest BCUT2D eigenvalue weighted by Gasteiger charge is 2.21. The Morgan fingerprint density at radius 1 is 1.00 bits per heavy atom. The molecule has 0 radical (unpaired) electrons. The van der Waals surface area contributed by atoms with Crippen LogP contribution in [0.2, 0.25) is 0 Å². The maximum Gasteiger partial charge on any atom is 0.275 e. The Morgan fingerprint density at radius 2 is 1.70 bits per heavy atom. The van der Waals surface area contributed by atoms with E-state index in [4.69, 9.17) is 0 Å². The highest BCUT2D eigenvalue weighted by atomic mass is 19.1. The zero-order valence-electron chi connectivity index (χ0n) is 16.4. The topological polar surface area (TPSA) is 64.0 Å². The van der Waals surface area contributed by atoms with Crippen LogP contribution in [0.1, 0.15) is 24.2 Å². The smallest absolute Gasteiger partial charge is 0.275 e. The summed E-state index contributed by atoms with van der Waals surface area (Å²) in [7, 11) is 0. The summed E-state index contributed by atoms with van der Waals surface area (Å²) in [6, 6.07) is 21.8. The second-order valence-electron chi connectivity index (χ2n) is 7.08. The number of carbonyl (C=O) groups is 1. The molecule has 30 heavy (non-hydrogen) atoms. The van der Waals surface area contributed by atoms with Gasteiger partial charge in [0.05, 0.1) is 11.1 Å². The van der Waals surface area contributed by atoms with Crippen LogP contribution >= 0.6 is 0 Å². The van der Waals surface area contributed by atoms with E-state index in [9.17, 15) is 14.0 Å². The molecule has 1 aromatic heterocycles. The Kier molecular flexibility index (Phi) is 5.39. The van der Waals surface area contributed by atoms with E-state index < -0.39 is 17.8 Å². The molecule has 3 aromatic carbocycles. The third kappa shape index (κ3) is 3.98. The Morgan fingerprint density at radius 3 is 2.43 bits per heavy atom. The molecule has 0 saturated carbocycles. The predicted molar refractivity (Wildman–Crippen MR) is 115 cm³/mol. The van der Waals surface area contributed by atoms with Gasteiger partial charge in [-0.15, -0.1) is 0 Å². The minimum atomic E-state index is -0.875. The van der Waals surface area contributed by atoms with E-state index in [-0.39, 0.29) is 5.56 Å². The SMILES string of the molecule is CC(C(=O)Nc1cccc(F)c1)n1nc(Cc2ccccc2)c2ccccc2c1=O. The van der Waals surface area contributed by atoms with Crippen molar-refractivity contribution in [1.29, 1.82) is 0 Å². The number of aromatic nitrogens is 2. The second-order valence-corrected chi connectivity index (χ2v) is 7.08. The van der Waals surface area contributed by atoms with Gasteiger partial charge in [-0.1, -0.05) is 54.6 Å². The third-order valence-corrected chi connectivity index (χ3v) is 4.96. The van der Waals surface area contributed by atoms with Crippen LogP contribution < -0.4 is 10.9 Å². The maximum atomic E-state index is 13.4. The standard InChI is InChI=1S/C24H20FN3O2/c1-16(23(29)26-19-11-7-10-18(25)15-19)28-24(30)21-13-6-5-12-20(21)22(27-28)14-17-8-3-2-4-9-17/h2-13,15-16H,14H2,1H3,(H,26,29). The Balaban J connectivity index is 1.73. The molecule has 6 heteroatoms. The van der Waals surface area contributed by atoms with Crippen molar-refractivity contribution in [1.82, 2.24) is 9.78 Å². The van der Waals surface area contributed by atoms with Crippen LogP contribution in [0.5, 0.6) is 0 Å². The van der Waals surface area contributed by atoms with Crippen molar-refractivity contribution in [3.8, 4) is 0 Å². The molecule has 4 rings (SSSR count). The van der Waals surface area contributed by atoms with E-state index in [1.54, 1.807) is 25.1 Å². The molecular weight excluding hydrogens is 381 g/mol. The van der Waals surface area contributed by atoms with Crippen molar-refractivity contribution in [3.63, 3.8) is 0 Å². The van der Waals surface area contributed by atoms with Crippen LogP contribution in [0, 0.1) is 5.82 Å². The quantitative estimate of drug-likeness (QED) is 0.542. The predicted octanol–water partition coefficient (Wildman–Crippen LogP) is 4.33. The number of nitrogens with one attached hydrogen (secondary N) is 1. The van der Waals surface area contributed by atoms with E-state index in [1.807, 2.05) is 42.5 Å². The molecule has 1 atom stereocenters. The summed E-state index contributed by atoms with van der Waals surface area (Å²) in [5.74, 6) is -0.900. The third-order valence-electron chi connectivity index (χ3n) is 4.96. The first-order chi connectivity index (χ1) is 14.5. The van der Waals surface area contributed by atoms with Crippen LogP contribution in [0.15, 0.2) is 83.7 Å². The van der Waals surface area contributed by atoms with Gasteiger partial charge < -0.3 is 5.32 Å². The van der Waals surface area contributed by atoms with Gasteiger partial charge in [0.2, 0.25) is 5.91 Å². The van der Waals surface area contributed by atoms with Crippen molar-refractivity contribution < 1.29 is 9.18 Å². The van der Waals surface area contributed by atoms with Gasteiger partial charge in [0, 0.05) is 17.5 Å². The molecule has 0 aliphatic carbocycles. The molecule has 1 amide bonds. The van der Waals surface area contributed by atoms with Crippen molar-refractivity contribution in [2.75, 3.05) is 5.32 Å². The van der Waals surface area contributed by atoms with Crippen LogP contribution in [0.25, 0.3) is 10.8 Å². The van der Waals surface area contributed by atoms with Crippen molar-refractivity contribution in [2.45, 2.75) is 19.4 Å². The van der Waals surface area contributed by atoms with E-state index in [0.717, 1.165) is 10.9 Å². The highest BCUT2D eigenvalue weighted by Crippen LogP contribution is 2.19. The van der Waals surface area contributed by atoms with Crippen LogP contribution in [0.4, 0.5) is 10.1 Å². The van der Waals surface area contributed by atoms with E-state index in [1.165, 1.54) is 22.9 Å². The zero-order valence-corrected chi connectivity index (χ0v) is 16.4. The average molecular weight is 401 g/mol. The first kappa shape index (κ1) is 19.5. The minimum absolute atomic E-state index is 0.324. The van der Waals surface area contributed by atoms with E-state index >= 15 is 0 Å². The van der Waals surface area contributed by atoms with Gasteiger partial charge in [-0.2, -0.15) is 5.10 Å². The summed E-state index contributed by atoms with van der Waals surface area (Å²) in [4.78, 5) is 25.8. The lowest BCUT2D eigenvalue weighted by atomic mass is 10.0. The summed E-state index contributed by atoms with van der Waals surface area (Å²) in [5, 5.41) is 8.46. The van der Waals surface area contributed by atoms with Crippen molar-refractivity contribution in [3.05, 3.63) is 106 Å². The minimum Gasteiger partial charge on any atom is -0.324 e. The molecule has 0 aliphatic heterocycles. The number of carbonyl (C=O) groups excluding carboxylic acids is 1. The van der Waals surface area contributed by atoms with Gasteiger partial charge in [0.1, 0.15) is 11.9 Å². The highest BCUT2D eigenvalue weighted by molar-refractivity contribution is 5.93. The summed E-state index contributed by atoms with van der Waals surface area (Å²) in [6.45, 7) is 1.60. The number of fused-ring (bicyclic) bond motifs is 1. The normalized spacial score (nSPS) is 11.9. The average Bonchev–Trinajstić information content (AvgIpc) is 2.76. The molecule has 4 aromatic rings. The van der Waals surface area contributed by atoms with Gasteiger partial charge in [-0.05, 0) is 36.8 Å². The van der Waals surface area contributed by atoms with Gasteiger partial charge >= 0.3 is 0 Å².